The van der Waals surface area contributed by atoms with Crippen molar-refractivity contribution in [3.8, 4) is 11.3 Å². The Labute approximate surface area is 152 Å². The summed E-state index contributed by atoms with van der Waals surface area (Å²) in [4.78, 5) is 0. The summed E-state index contributed by atoms with van der Waals surface area (Å²) >= 11 is 0. The van der Waals surface area contributed by atoms with Crippen LogP contribution in [0, 0.1) is 5.82 Å². The van der Waals surface area contributed by atoms with Gasteiger partial charge in [-0.25, -0.2) is 4.39 Å². The lowest BCUT2D eigenvalue weighted by Gasteiger charge is -2.20. The monoisotopic (exact) mass is 361 g/mol. The van der Waals surface area contributed by atoms with Crippen LogP contribution in [0.1, 0.15) is 24.4 Å². The van der Waals surface area contributed by atoms with Gasteiger partial charge in [-0.1, -0.05) is 42.5 Å². The summed E-state index contributed by atoms with van der Waals surface area (Å²) in [5.41, 5.74) is 1.31. The van der Waals surface area contributed by atoms with Gasteiger partial charge in [-0.3, -0.25) is 0 Å². The Hall–Kier alpha value is -2.14. The fourth-order valence-electron chi connectivity index (χ4n) is 2.59. The van der Waals surface area contributed by atoms with Crippen LogP contribution in [0.3, 0.4) is 0 Å². The highest BCUT2D eigenvalue weighted by molar-refractivity contribution is 5.85. The van der Waals surface area contributed by atoms with Crippen molar-refractivity contribution in [2.24, 2.45) is 0 Å². The van der Waals surface area contributed by atoms with Crippen molar-refractivity contribution >= 4 is 12.4 Å². The molecule has 2 N–H and O–H groups in total. The summed E-state index contributed by atoms with van der Waals surface area (Å²) in [7, 11) is 0. The maximum atomic E-state index is 13.8. The Kier molecular flexibility index (Phi) is 6.76. The Bertz CT molecular complexity index is 791. The molecular weight excluding hydrogens is 341 g/mol. The molecule has 25 heavy (non-hydrogen) atoms. The smallest absolute Gasteiger partial charge is 0.137 e. The van der Waals surface area contributed by atoms with Crippen LogP contribution in [0.15, 0.2) is 71.1 Å². The van der Waals surface area contributed by atoms with Gasteiger partial charge in [0.15, 0.2) is 0 Å². The van der Waals surface area contributed by atoms with E-state index >= 15 is 0 Å². The summed E-state index contributed by atoms with van der Waals surface area (Å²) in [5, 5.41) is 13.6. The fourth-order valence-corrected chi connectivity index (χ4v) is 2.59. The molecule has 0 aliphatic rings. The molecule has 3 aromatic rings. The van der Waals surface area contributed by atoms with E-state index in [1.807, 2.05) is 43.3 Å². The standard InChI is InChI=1S/C20H20FNO2.ClH/c1-14(20(23)15-7-3-2-4-8-15)22-13-16-11-12-19(24-16)17-9-5-6-10-18(17)21;/h2-12,14,20,22-23H,13H2,1H3;1H. The number of nitrogens with one attached hydrogen (secondary N) is 1. The maximum Gasteiger partial charge on any atom is 0.137 e. The summed E-state index contributed by atoms with van der Waals surface area (Å²) in [6.07, 6.45) is -0.604. The summed E-state index contributed by atoms with van der Waals surface area (Å²) in [6.45, 7) is 2.37. The van der Waals surface area contributed by atoms with Gasteiger partial charge in [0.05, 0.1) is 18.2 Å². The van der Waals surface area contributed by atoms with Crippen LogP contribution in [-0.4, -0.2) is 11.1 Å². The molecule has 132 valence electrons. The molecule has 2 atom stereocenters. The largest absolute Gasteiger partial charge is 0.460 e. The van der Waals surface area contributed by atoms with Gasteiger partial charge in [-0.15, -0.1) is 12.4 Å². The van der Waals surface area contributed by atoms with Gasteiger partial charge in [0, 0.05) is 6.04 Å². The van der Waals surface area contributed by atoms with Gasteiger partial charge in [0.2, 0.25) is 0 Å². The Morgan fingerprint density at radius 1 is 1.00 bits per heavy atom. The van der Waals surface area contributed by atoms with E-state index in [0.717, 1.165) is 5.56 Å². The number of hydrogen-bond donors (Lipinski definition) is 2. The lowest BCUT2D eigenvalue weighted by molar-refractivity contribution is 0.134. The van der Waals surface area contributed by atoms with E-state index in [2.05, 4.69) is 5.32 Å². The molecular formula is C20H21ClFNO2. The summed E-state index contributed by atoms with van der Waals surface area (Å²) in [5.74, 6) is 0.890. The molecule has 0 fully saturated rings. The second-order valence-electron chi connectivity index (χ2n) is 5.77. The minimum Gasteiger partial charge on any atom is -0.460 e. The average molecular weight is 362 g/mol. The van der Waals surface area contributed by atoms with E-state index in [1.54, 1.807) is 24.3 Å². The number of benzene rings is 2. The van der Waals surface area contributed by atoms with Gasteiger partial charge in [-0.05, 0) is 36.8 Å². The van der Waals surface area contributed by atoms with Crippen molar-refractivity contribution in [1.82, 2.24) is 5.32 Å². The maximum absolute atomic E-state index is 13.8. The third kappa shape index (κ3) is 4.69. The number of aliphatic hydroxyl groups is 1. The summed E-state index contributed by atoms with van der Waals surface area (Å²) < 4.78 is 19.5. The van der Waals surface area contributed by atoms with Crippen molar-refractivity contribution in [3.63, 3.8) is 0 Å². The van der Waals surface area contributed by atoms with Gasteiger partial charge >= 0.3 is 0 Å². The van der Waals surface area contributed by atoms with E-state index in [9.17, 15) is 9.50 Å². The van der Waals surface area contributed by atoms with Gasteiger partial charge in [-0.2, -0.15) is 0 Å². The fraction of sp³-hybridized carbons (Fsp3) is 0.200. The molecule has 0 amide bonds. The van der Waals surface area contributed by atoms with Crippen molar-refractivity contribution in [2.45, 2.75) is 25.6 Å². The molecule has 0 aliphatic heterocycles. The van der Waals surface area contributed by atoms with E-state index in [1.165, 1.54) is 6.07 Å². The molecule has 0 spiro atoms. The van der Waals surface area contributed by atoms with Gasteiger partial charge < -0.3 is 14.8 Å². The van der Waals surface area contributed by atoms with Crippen LogP contribution in [0.25, 0.3) is 11.3 Å². The minimum absolute atomic E-state index is 0. The van der Waals surface area contributed by atoms with Gasteiger partial charge in [0.1, 0.15) is 17.3 Å². The zero-order valence-corrected chi connectivity index (χ0v) is 14.7. The predicted octanol–water partition coefficient (Wildman–Crippen LogP) is 4.72. The number of hydrogen-bond acceptors (Lipinski definition) is 3. The first-order valence-corrected chi connectivity index (χ1v) is 7.95. The van der Waals surface area contributed by atoms with Crippen LogP contribution in [0.5, 0.6) is 0 Å². The number of halogens is 2. The first-order chi connectivity index (χ1) is 11.6. The van der Waals surface area contributed by atoms with Crippen LogP contribution in [0.4, 0.5) is 4.39 Å². The molecule has 5 heteroatoms. The van der Waals surface area contributed by atoms with E-state index in [4.69, 9.17) is 4.42 Å². The zero-order chi connectivity index (χ0) is 16.9. The van der Waals surface area contributed by atoms with Gasteiger partial charge in [0.25, 0.3) is 0 Å². The number of furan rings is 1. The minimum atomic E-state index is -0.604. The first-order valence-electron chi connectivity index (χ1n) is 7.95. The normalized spacial score (nSPS) is 13.1. The predicted molar refractivity (Wildman–Crippen MR) is 99.1 cm³/mol. The molecule has 1 heterocycles. The molecule has 0 bridgehead atoms. The molecule has 1 aromatic heterocycles. The lowest BCUT2D eigenvalue weighted by Crippen LogP contribution is -2.31. The van der Waals surface area contributed by atoms with Crippen LogP contribution >= 0.6 is 12.4 Å². The second kappa shape index (κ2) is 8.81. The highest BCUT2D eigenvalue weighted by Gasteiger charge is 2.16. The molecule has 2 unspecified atom stereocenters. The van der Waals surface area contributed by atoms with Crippen molar-refractivity contribution in [1.29, 1.82) is 0 Å². The van der Waals surface area contributed by atoms with Crippen LogP contribution in [0.2, 0.25) is 0 Å². The highest BCUT2D eigenvalue weighted by atomic mass is 35.5. The zero-order valence-electron chi connectivity index (χ0n) is 13.9. The van der Waals surface area contributed by atoms with Crippen molar-refractivity contribution in [2.75, 3.05) is 0 Å². The molecule has 3 rings (SSSR count). The molecule has 0 saturated carbocycles. The lowest BCUT2D eigenvalue weighted by atomic mass is 10.0. The Morgan fingerprint density at radius 3 is 2.40 bits per heavy atom. The number of aliphatic hydroxyl groups excluding tert-OH is 1. The average Bonchev–Trinajstić information content (AvgIpc) is 3.09. The highest BCUT2D eigenvalue weighted by Crippen LogP contribution is 2.25. The quantitative estimate of drug-likeness (QED) is 0.667. The van der Waals surface area contributed by atoms with Crippen LogP contribution in [-0.2, 0) is 6.54 Å². The molecule has 0 saturated heterocycles. The van der Waals surface area contributed by atoms with E-state index in [-0.39, 0.29) is 24.3 Å². The molecule has 0 aliphatic carbocycles. The third-order valence-electron chi connectivity index (χ3n) is 4.01. The Morgan fingerprint density at radius 2 is 1.68 bits per heavy atom. The number of rotatable bonds is 6. The molecule has 3 nitrogen and oxygen atoms in total. The third-order valence-corrected chi connectivity index (χ3v) is 4.01. The molecule has 0 radical (unpaired) electrons. The molecule has 2 aromatic carbocycles. The Balaban J connectivity index is 0.00000225. The van der Waals surface area contributed by atoms with Crippen molar-refractivity contribution in [3.05, 3.63) is 83.9 Å². The van der Waals surface area contributed by atoms with Crippen molar-refractivity contribution < 1.29 is 13.9 Å². The summed E-state index contributed by atoms with van der Waals surface area (Å²) in [6, 6.07) is 19.5. The first kappa shape index (κ1) is 19.2. The van der Waals surface area contributed by atoms with Crippen LogP contribution < -0.4 is 5.32 Å². The van der Waals surface area contributed by atoms with E-state index < -0.39 is 6.10 Å². The topological polar surface area (TPSA) is 45.4 Å². The van der Waals surface area contributed by atoms with E-state index in [0.29, 0.717) is 23.6 Å². The second-order valence-corrected chi connectivity index (χ2v) is 5.77. The SMILES string of the molecule is CC(NCc1ccc(-c2ccccc2F)o1)C(O)c1ccccc1.Cl.